The number of benzene rings is 1. The molecule has 0 spiro atoms. The number of aromatic nitrogens is 1. The number of likely N-dealkylation sites (tertiary alicyclic amines) is 1. The fourth-order valence-corrected chi connectivity index (χ4v) is 6.62. The Hall–Kier alpha value is -2.90. The Morgan fingerprint density at radius 1 is 1.00 bits per heavy atom. The van der Waals surface area contributed by atoms with Crippen LogP contribution in [0.5, 0.6) is 5.75 Å². The number of hydrogen-bond acceptors (Lipinski definition) is 6. The van der Waals surface area contributed by atoms with Crippen molar-refractivity contribution in [3.05, 3.63) is 70.3 Å². The first-order chi connectivity index (χ1) is 17.6. The number of carbonyl (C=O) groups excluding carboxylic acids is 1. The highest BCUT2D eigenvalue weighted by Gasteiger charge is 2.41. The molecule has 6 rings (SSSR count). The predicted octanol–water partition coefficient (Wildman–Crippen LogP) is 3.47. The summed E-state index contributed by atoms with van der Waals surface area (Å²) in [6.07, 6.45) is 5.26. The minimum Gasteiger partial charge on any atom is -0.497 e. The molecule has 0 amide bonds. The van der Waals surface area contributed by atoms with E-state index in [1.165, 1.54) is 12.1 Å². The van der Waals surface area contributed by atoms with Crippen LogP contribution in [0.3, 0.4) is 0 Å². The zero-order valence-corrected chi connectivity index (χ0v) is 20.8. The number of piperidine rings is 1. The molecule has 1 aromatic carbocycles. The van der Waals surface area contributed by atoms with E-state index in [9.17, 15) is 9.59 Å². The molecule has 2 fully saturated rings. The molecule has 36 heavy (non-hydrogen) atoms. The van der Waals surface area contributed by atoms with Gasteiger partial charge in [-0.2, -0.15) is 0 Å². The Bertz CT molecular complexity index is 1200. The molecule has 2 aromatic rings. The largest absolute Gasteiger partial charge is 0.497 e. The first kappa shape index (κ1) is 23.5. The van der Waals surface area contributed by atoms with Crippen LogP contribution < -0.4 is 10.3 Å². The molecule has 1 saturated carbocycles. The third-order valence-corrected chi connectivity index (χ3v) is 8.42. The number of methoxy groups -OCH3 is 1. The molecule has 1 aliphatic carbocycles. The van der Waals surface area contributed by atoms with E-state index in [-0.39, 0.29) is 29.5 Å². The lowest BCUT2D eigenvalue weighted by Gasteiger charge is -2.43. The van der Waals surface area contributed by atoms with E-state index >= 15 is 0 Å². The van der Waals surface area contributed by atoms with Gasteiger partial charge >= 0.3 is 0 Å². The number of ether oxygens (including phenoxy) is 3. The quantitative estimate of drug-likeness (QED) is 0.618. The van der Waals surface area contributed by atoms with Gasteiger partial charge in [0.1, 0.15) is 11.9 Å². The van der Waals surface area contributed by atoms with Gasteiger partial charge in [-0.1, -0.05) is 18.2 Å². The first-order valence-corrected chi connectivity index (χ1v) is 13.2. The van der Waals surface area contributed by atoms with Crippen molar-refractivity contribution >= 4 is 11.4 Å². The van der Waals surface area contributed by atoms with Gasteiger partial charge in [0.2, 0.25) is 0 Å². The SMILES string of the molecule is COc1ccc(C2=COC3CC(OCCN4CC5CC(C4)c4cccc(=O)n4C5)CCC3C2=O)cc1. The smallest absolute Gasteiger partial charge is 0.250 e. The molecule has 0 N–H and O–H groups in total. The molecule has 4 aliphatic rings. The molecular formula is C29H34N2O5. The van der Waals surface area contributed by atoms with Crippen LogP contribution in [0.2, 0.25) is 0 Å². The minimum atomic E-state index is -0.109. The maximum atomic E-state index is 13.2. The van der Waals surface area contributed by atoms with Gasteiger partial charge in [-0.05, 0) is 48.9 Å². The molecule has 7 heteroatoms. The number of nitrogens with zero attached hydrogens (tertiary/aromatic N) is 2. The second-order valence-corrected chi connectivity index (χ2v) is 10.7. The summed E-state index contributed by atoms with van der Waals surface area (Å²) < 4.78 is 19.6. The Morgan fingerprint density at radius 3 is 2.69 bits per heavy atom. The van der Waals surface area contributed by atoms with Gasteiger partial charge < -0.3 is 23.7 Å². The minimum absolute atomic E-state index is 0.100. The molecule has 1 saturated heterocycles. The van der Waals surface area contributed by atoms with Crippen molar-refractivity contribution in [2.75, 3.05) is 33.4 Å². The number of pyridine rings is 1. The lowest BCUT2D eigenvalue weighted by atomic mass is 9.78. The van der Waals surface area contributed by atoms with Crippen LogP contribution in [0.15, 0.2) is 53.5 Å². The van der Waals surface area contributed by atoms with Crippen molar-refractivity contribution in [1.29, 1.82) is 0 Å². The molecule has 7 nitrogen and oxygen atoms in total. The predicted molar refractivity (Wildman–Crippen MR) is 136 cm³/mol. The highest BCUT2D eigenvalue weighted by Crippen LogP contribution is 2.38. The molecule has 1 aromatic heterocycles. The number of ketones is 1. The Morgan fingerprint density at radius 2 is 1.86 bits per heavy atom. The average molecular weight is 491 g/mol. The van der Waals surface area contributed by atoms with E-state index in [4.69, 9.17) is 14.2 Å². The Kier molecular flexibility index (Phi) is 6.44. The molecule has 5 unspecified atom stereocenters. The lowest BCUT2D eigenvalue weighted by molar-refractivity contribution is -0.128. The zero-order chi connectivity index (χ0) is 24.6. The van der Waals surface area contributed by atoms with E-state index in [0.717, 1.165) is 56.8 Å². The van der Waals surface area contributed by atoms with Crippen molar-refractivity contribution in [3.63, 3.8) is 0 Å². The van der Waals surface area contributed by atoms with Crippen molar-refractivity contribution in [3.8, 4) is 5.75 Å². The highest BCUT2D eigenvalue weighted by molar-refractivity contribution is 6.22. The van der Waals surface area contributed by atoms with Gasteiger partial charge in [0.05, 0.1) is 37.6 Å². The monoisotopic (exact) mass is 490 g/mol. The summed E-state index contributed by atoms with van der Waals surface area (Å²) in [4.78, 5) is 27.9. The van der Waals surface area contributed by atoms with Crippen LogP contribution >= 0.6 is 0 Å². The number of rotatable bonds is 6. The van der Waals surface area contributed by atoms with Crippen LogP contribution in [0.4, 0.5) is 0 Å². The van der Waals surface area contributed by atoms with Crippen molar-refractivity contribution in [2.24, 2.45) is 11.8 Å². The fourth-order valence-electron chi connectivity index (χ4n) is 6.62. The summed E-state index contributed by atoms with van der Waals surface area (Å²) >= 11 is 0. The zero-order valence-electron chi connectivity index (χ0n) is 20.8. The number of hydrogen-bond donors (Lipinski definition) is 0. The Labute approximate surface area is 211 Å². The van der Waals surface area contributed by atoms with Crippen molar-refractivity contribution in [2.45, 2.75) is 50.4 Å². The normalized spacial score (nSPS) is 29.5. The maximum absolute atomic E-state index is 13.2. The fraction of sp³-hybridized carbons (Fsp3) is 0.517. The molecule has 3 aliphatic heterocycles. The number of Topliss-reactive ketones (excluding diaryl/α,β-unsaturated/α-hetero) is 1. The Balaban J connectivity index is 1.01. The summed E-state index contributed by atoms with van der Waals surface area (Å²) in [6.45, 7) is 4.41. The molecular weight excluding hydrogens is 456 g/mol. The summed E-state index contributed by atoms with van der Waals surface area (Å²) in [6, 6.07) is 13.2. The summed E-state index contributed by atoms with van der Waals surface area (Å²) in [5.74, 6) is 1.80. The molecule has 0 radical (unpaired) electrons. The van der Waals surface area contributed by atoms with Gasteiger partial charge in [-0.25, -0.2) is 0 Å². The lowest BCUT2D eigenvalue weighted by Crippen LogP contribution is -2.48. The van der Waals surface area contributed by atoms with E-state index in [2.05, 4.69) is 11.0 Å². The topological polar surface area (TPSA) is 70.0 Å². The van der Waals surface area contributed by atoms with Crippen LogP contribution in [0.1, 0.15) is 42.9 Å². The van der Waals surface area contributed by atoms with Gasteiger partial charge in [-0.3, -0.25) is 9.59 Å². The number of carbonyl (C=O) groups is 1. The second-order valence-electron chi connectivity index (χ2n) is 10.7. The molecule has 2 bridgehead atoms. The van der Waals surface area contributed by atoms with Gasteiger partial charge in [0.25, 0.3) is 5.56 Å². The summed E-state index contributed by atoms with van der Waals surface area (Å²) in [7, 11) is 1.63. The van der Waals surface area contributed by atoms with Gasteiger partial charge in [0, 0.05) is 50.3 Å². The third kappa shape index (κ3) is 4.50. The van der Waals surface area contributed by atoms with Gasteiger partial charge in [0.15, 0.2) is 5.78 Å². The van der Waals surface area contributed by atoms with Gasteiger partial charge in [-0.15, -0.1) is 0 Å². The third-order valence-electron chi connectivity index (χ3n) is 8.42. The van der Waals surface area contributed by atoms with Crippen LogP contribution in [-0.4, -0.2) is 60.8 Å². The summed E-state index contributed by atoms with van der Waals surface area (Å²) in [5.41, 5.74) is 2.84. The molecule has 5 atom stereocenters. The number of allylic oxidation sites excluding steroid dienone is 1. The highest BCUT2D eigenvalue weighted by atomic mass is 16.5. The first-order valence-electron chi connectivity index (χ1n) is 13.2. The van der Waals surface area contributed by atoms with Crippen molar-refractivity contribution in [1.82, 2.24) is 9.47 Å². The number of fused-ring (bicyclic) bond motifs is 5. The van der Waals surface area contributed by atoms with E-state index in [1.54, 1.807) is 19.4 Å². The van der Waals surface area contributed by atoms with E-state index < -0.39 is 0 Å². The van der Waals surface area contributed by atoms with Crippen LogP contribution in [0, 0.1) is 11.8 Å². The second kappa shape index (κ2) is 9.87. The van der Waals surface area contributed by atoms with E-state index in [1.807, 2.05) is 34.9 Å². The van der Waals surface area contributed by atoms with E-state index in [0.29, 0.717) is 24.0 Å². The van der Waals surface area contributed by atoms with Crippen LogP contribution in [0.25, 0.3) is 5.57 Å². The molecule has 190 valence electrons. The molecule has 4 heterocycles. The standard InChI is InChI=1S/C29H34N2O5/c1-34-22-7-5-20(6-8-22)25-18-36-27-14-23(9-10-24(27)29(25)33)35-12-11-30-15-19-13-21(17-30)26-3-2-4-28(32)31(26)16-19/h2-8,18-19,21,23-24,27H,9-17H2,1H3. The average Bonchev–Trinajstić information content (AvgIpc) is 2.90. The van der Waals surface area contributed by atoms with Crippen molar-refractivity contribution < 1.29 is 19.0 Å². The summed E-state index contributed by atoms with van der Waals surface area (Å²) in [5, 5.41) is 0. The van der Waals surface area contributed by atoms with Crippen LogP contribution in [-0.2, 0) is 20.8 Å². The maximum Gasteiger partial charge on any atom is 0.250 e.